The minimum Gasteiger partial charge on any atom is -0.383 e. The lowest BCUT2D eigenvalue weighted by atomic mass is 10.3. The van der Waals surface area contributed by atoms with Gasteiger partial charge in [0.05, 0.1) is 18.8 Å². The number of halogens is 1. The molecule has 0 aliphatic heterocycles. The van der Waals surface area contributed by atoms with Gasteiger partial charge in [-0.2, -0.15) is 4.98 Å². The van der Waals surface area contributed by atoms with Crippen LogP contribution in [0.2, 0.25) is 5.02 Å². The molecule has 16 heavy (non-hydrogen) atoms. The molecule has 1 unspecified atom stereocenters. The third kappa shape index (κ3) is 2.96. The Labute approximate surface area is 101 Å². The number of rotatable bonds is 5. The second kappa shape index (κ2) is 5.86. The summed E-state index contributed by atoms with van der Waals surface area (Å²) in [6.45, 7) is 2.66. The second-order valence-corrected chi connectivity index (χ2v) is 3.94. The summed E-state index contributed by atoms with van der Waals surface area (Å²) in [6.07, 6.45) is 1.59. The van der Waals surface area contributed by atoms with Crippen molar-refractivity contribution in [1.29, 1.82) is 0 Å². The van der Waals surface area contributed by atoms with Crippen LogP contribution >= 0.6 is 11.6 Å². The van der Waals surface area contributed by atoms with Gasteiger partial charge in [0.25, 0.3) is 0 Å². The van der Waals surface area contributed by atoms with Crippen LogP contribution in [0.4, 0.5) is 11.8 Å². The molecular weight excluding hydrogens is 228 g/mol. The van der Waals surface area contributed by atoms with Gasteiger partial charge in [-0.1, -0.05) is 11.6 Å². The van der Waals surface area contributed by atoms with E-state index in [9.17, 15) is 0 Å². The SMILES string of the molecule is CNc1ncc(Cl)c(N(C)C(C)COC)n1. The molecule has 90 valence electrons. The van der Waals surface area contributed by atoms with Gasteiger partial charge in [-0.25, -0.2) is 4.98 Å². The molecule has 0 aromatic carbocycles. The number of anilines is 2. The molecule has 0 fully saturated rings. The number of methoxy groups -OCH3 is 1. The second-order valence-electron chi connectivity index (χ2n) is 3.53. The molecule has 0 aliphatic carbocycles. The quantitative estimate of drug-likeness (QED) is 0.854. The van der Waals surface area contributed by atoms with Crippen molar-refractivity contribution in [2.24, 2.45) is 0 Å². The number of likely N-dealkylation sites (N-methyl/N-ethyl adjacent to an activating group) is 1. The minimum atomic E-state index is 0.196. The molecule has 0 aliphatic rings. The highest BCUT2D eigenvalue weighted by Gasteiger charge is 2.15. The standard InChI is InChI=1S/C10H17ClN4O/c1-7(6-16-4)15(3)9-8(11)5-13-10(12-2)14-9/h5,7H,6H2,1-4H3,(H,12,13,14). The minimum absolute atomic E-state index is 0.196. The van der Waals surface area contributed by atoms with E-state index in [1.165, 1.54) is 0 Å². The lowest BCUT2D eigenvalue weighted by Crippen LogP contribution is -2.33. The summed E-state index contributed by atoms with van der Waals surface area (Å²) in [6, 6.07) is 0.196. The van der Waals surface area contributed by atoms with E-state index in [0.717, 1.165) is 0 Å². The summed E-state index contributed by atoms with van der Waals surface area (Å²) in [5, 5.41) is 3.41. The first-order chi connectivity index (χ1) is 7.60. The summed E-state index contributed by atoms with van der Waals surface area (Å²) in [5.41, 5.74) is 0. The van der Waals surface area contributed by atoms with Crippen molar-refractivity contribution in [2.45, 2.75) is 13.0 Å². The summed E-state index contributed by atoms with van der Waals surface area (Å²) in [5.74, 6) is 1.25. The van der Waals surface area contributed by atoms with Crippen molar-refractivity contribution >= 4 is 23.4 Å². The summed E-state index contributed by atoms with van der Waals surface area (Å²) in [7, 11) is 5.37. The van der Waals surface area contributed by atoms with Gasteiger partial charge in [-0.05, 0) is 6.92 Å². The van der Waals surface area contributed by atoms with Gasteiger partial charge in [-0.15, -0.1) is 0 Å². The summed E-state index contributed by atoms with van der Waals surface area (Å²) in [4.78, 5) is 10.3. The van der Waals surface area contributed by atoms with Crippen LogP contribution in [0.1, 0.15) is 6.92 Å². The van der Waals surface area contributed by atoms with Crippen LogP contribution in [0.3, 0.4) is 0 Å². The lowest BCUT2D eigenvalue weighted by Gasteiger charge is -2.26. The van der Waals surface area contributed by atoms with Gasteiger partial charge in [0.2, 0.25) is 5.95 Å². The highest BCUT2D eigenvalue weighted by Crippen LogP contribution is 2.24. The molecule has 5 nitrogen and oxygen atoms in total. The number of ether oxygens (including phenoxy) is 1. The van der Waals surface area contributed by atoms with Crippen molar-refractivity contribution < 1.29 is 4.74 Å². The van der Waals surface area contributed by atoms with Crippen molar-refractivity contribution in [3.8, 4) is 0 Å². The van der Waals surface area contributed by atoms with Crippen LogP contribution in [0.25, 0.3) is 0 Å². The Bertz CT molecular complexity index is 348. The predicted octanol–water partition coefficient (Wildman–Crippen LogP) is 1.64. The van der Waals surface area contributed by atoms with E-state index in [0.29, 0.717) is 23.4 Å². The van der Waals surface area contributed by atoms with Crippen LogP contribution in [-0.4, -0.2) is 43.8 Å². The summed E-state index contributed by atoms with van der Waals surface area (Å²) >= 11 is 6.06. The van der Waals surface area contributed by atoms with E-state index in [1.807, 2.05) is 18.9 Å². The smallest absolute Gasteiger partial charge is 0.224 e. The zero-order valence-corrected chi connectivity index (χ0v) is 10.7. The number of nitrogens with one attached hydrogen (secondary N) is 1. The van der Waals surface area contributed by atoms with Gasteiger partial charge < -0.3 is 15.0 Å². The monoisotopic (exact) mass is 244 g/mol. The molecule has 0 saturated heterocycles. The van der Waals surface area contributed by atoms with E-state index in [4.69, 9.17) is 16.3 Å². The fourth-order valence-corrected chi connectivity index (χ4v) is 1.51. The van der Waals surface area contributed by atoms with E-state index < -0.39 is 0 Å². The summed E-state index contributed by atoms with van der Waals surface area (Å²) < 4.78 is 5.10. The Hall–Kier alpha value is -1.07. The Morgan fingerprint density at radius 3 is 2.88 bits per heavy atom. The molecule has 0 saturated carbocycles. The molecule has 1 rings (SSSR count). The first-order valence-electron chi connectivity index (χ1n) is 5.02. The highest BCUT2D eigenvalue weighted by atomic mass is 35.5. The van der Waals surface area contributed by atoms with Gasteiger partial charge in [0, 0.05) is 21.2 Å². The lowest BCUT2D eigenvalue weighted by molar-refractivity contribution is 0.183. The Kier molecular flexibility index (Phi) is 4.76. The van der Waals surface area contributed by atoms with Gasteiger partial charge in [-0.3, -0.25) is 0 Å². The fraction of sp³-hybridized carbons (Fsp3) is 0.600. The molecule has 0 amide bonds. The molecule has 0 bridgehead atoms. The van der Waals surface area contributed by atoms with Crippen LogP contribution in [0.5, 0.6) is 0 Å². The maximum Gasteiger partial charge on any atom is 0.224 e. The predicted molar refractivity (Wildman–Crippen MR) is 66.3 cm³/mol. The van der Waals surface area contributed by atoms with Gasteiger partial charge in [0.15, 0.2) is 5.82 Å². The van der Waals surface area contributed by atoms with Crippen molar-refractivity contribution in [3.63, 3.8) is 0 Å². The van der Waals surface area contributed by atoms with Crippen LogP contribution in [0.15, 0.2) is 6.20 Å². The van der Waals surface area contributed by atoms with Gasteiger partial charge >= 0.3 is 0 Å². The van der Waals surface area contributed by atoms with Crippen LogP contribution in [0, 0.1) is 0 Å². The Morgan fingerprint density at radius 1 is 1.62 bits per heavy atom. The van der Waals surface area contributed by atoms with Crippen molar-refractivity contribution in [3.05, 3.63) is 11.2 Å². The van der Waals surface area contributed by atoms with E-state index >= 15 is 0 Å². The Balaban J connectivity index is 2.92. The fourth-order valence-electron chi connectivity index (χ4n) is 1.29. The average Bonchev–Trinajstić information content (AvgIpc) is 2.29. The van der Waals surface area contributed by atoms with E-state index in [-0.39, 0.29) is 6.04 Å². The van der Waals surface area contributed by atoms with Gasteiger partial charge in [0.1, 0.15) is 5.02 Å². The topological polar surface area (TPSA) is 50.3 Å². The van der Waals surface area contributed by atoms with E-state index in [1.54, 1.807) is 20.4 Å². The van der Waals surface area contributed by atoms with E-state index in [2.05, 4.69) is 15.3 Å². The highest BCUT2D eigenvalue weighted by molar-refractivity contribution is 6.32. The number of hydrogen-bond donors (Lipinski definition) is 1. The number of hydrogen-bond acceptors (Lipinski definition) is 5. The maximum atomic E-state index is 6.06. The first kappa shape index (κ1) is 13.0. The first-order valence-corrected chi connectivity index (χ1v) is 5.40. The third-order valence-corrected chi connectivity index (χ3v) is 2.62. The molecule has 1 aromatic rings. The largest absolute Gasteiger partial charge is 0.383 e. The molecule has 1 heterocycles. The van der Waals surface area contributed by atoms with Crippen LogP contribution < -0.4 is 10.2 Å². The zero-order chi connectivity index (χ0) is 12.1. The maximum absolute atomic E-state index is 6.06. The Morgan fingerprint density at radius 2 is 2.31 bits per heavy atom. The zero-order valence-electron chi connectivity index (χ0n) is 9.99. The van der Waals surface area contributed by atoms with Crippen LogP contribution in [-0.2, 0) is 4.74 Å². The molecule has 1 N–H and O–H groups in total. The third-order valence-electron chi connectivity index (χ3n) is 2.35. The molecule has 6 heteroatoms. The average molecular weight is 245 g/mol. The molecular formula is C10H17ClN4O. The van der Waals surface area contributed by atoms with Crippen molar-refractivity contribution in [1.82, 2.24) is 9.97 Å². The molecule has 0 radical (unpaired) electrons. The molecule has 1 atom stereocenters. The normalized spacial score (nSPS) is 12.3. The number of nitrogens with zero attached hydrogens (tertiary/aromatic N) is 3. The van der Waals surface area contributed by atoms with Crippen molar-refractivity contribution in [2.75, 3.05) is 38.0 Å². The number of aromatic nitrogens is 2. The molecule has 0 spiro atoms. The molecule has 1 aromatic heterocycles.